The van der Waals surface area contributed by atoms with Crippen LogP contribution in [0, 0.1) is 6.92 Å². The Hall–Kier alpha value is -3.08. The smallest absolute Gasteiger partial charge is 0.463 e. The van der Waals surface area contributed by atoms with E-state index in [1.54, 1.807) is 13.0 Å². The van der Waals surface area contributed by atoms with E-state index >= 15 is 0 Å². The van der Waals surface area contributed by atoms with Crippen LogP contribution in [0.5, 0.6) is 5.75 Å². The van der Waals surface area contributed by atoms with Gasteiger partial charge in [-0.25, -0.2) is 4.79 Å². The highest BCUT2D eigenvalue weighted by molar-refractivity contribution is 5.86. The molecule has 0 saturated heterocycles. The lowest BCUT2D eigenvalue weighted by molar-refractivity contribution is 0.0974. The predicted octanol–water partition coefficient (Wildman–Crippen LogP) is 5.47. The van der Waals surface area contributed by atoms with Gasteiger partial charge in [-0.1, -0.05) is 50.1 Å². The summed E-state index contributed by atoms with van der Waals surface area (Å²) in [5.74, 6) is 0.288. The van der Waals surface area contributed by atoms with E-state index in [1.165, 1.54) is 12.3 Å². The van der Waals surface area contributed by atoms with Crippen molar-refractivity contribution in [2.45, 2.75) is 33.1 Å². The summed E-state index contributed by atoms with van der Waals surface area (Å²) in [6.45, 7) is 4.19. The van der Waals surface area contributed by atoms with Gasteiger partial charge in [-0.3, -0.25) is 4.79 Å². The highest BCUT2D eigenvalue weighted by Crippen LogP contribution is 2.26. The lowest BCUT2D eigenvalue weighted by Gasteiger charge is -2.09. The number of fused-ring (bicyclic) bond motifs is 1. The molecule has 0 aliphatic carbocycles. The molecule has 0 radical (unpaired) electrons. The number of benzene rings is 2. The molecule has 0 bridgehead atoms. The van der Waals surface area contributed by atoms with Crippen LogP contribution in [0.2, 0.25) is 0 Å². The molecule has 1 aromatic heterocycles. The van der Waals surface area contributed by atoms with E-state index in [0.717, 1.165) is 24.8 Å². The summed E-state index contributed by atoms with van der Waals surface area (Å²) in [7, 11) is 0. The fraction of sp³-hybridized carbons (Fsp3) is 0.273. The number of aryl methyl sites for hydroxylation is 1. The first kappa shape index (κ1) is 18.7. The van der Waals surface area contributed by atoms with Crippen molar-refractivity contribution in [3.8, 4) is 16.9 Å². The van der Waals surface area contributed by atoms with Crippen molar-refractivity contribution in [3.05, 3.63) is 64.5 Å². The minimum absolute atomic E-state index is 0.117. The predicted molar refractivity (Wildman–Crippen MR) is 104 cm³/mol. The van der Waals surface area contributed by atoms with Gasteiger partial charge in [0.2, 0.25) is 5.43 Å². The third-order valence-electron chi connectivity index (χ3n) is 4.30. The molecule has 0 spiro atoms. The zero-order valence-corrected chi connectivity index (χ0v) is 15.5. The van der Waals surface area contributed by atoms with Gasteiger partial charge in [-0.15, -0.1) is 0 Å². The molecule has 0 amide bonds. The van der Waals surface area contributed by atoms with E-state index in [1.807, 2.05) is 30.3 Å². The number of hydrogen-bond donors (Lipinski definition) is 0. The maximum absolute atomic E-state index is 12.9. The Morgan fingerprint density at radius 1 is 1.11 bits per heavy atom. The molecule has 1 heterocycles. The Balaban J connectivity index is 1.85. The van der Waals surface area contributed by atoms with Crippen LogP contribution in [-0.4, -0.2) is 12.8 Å². The fourth-order valence-electron chi connectivity index (χ4n) is 2.93. The molecule has 0 aliphatic heterocycles. The molecule has 0 aliphatic rings. The van der Waals surface area contributed by atoms with Crippen molar-refractivity contribution in [1.82, 2.24) is 0 Å². The molecule has 0 unspecified atom stereocenters. The van der Waals surface area contributed by atoms with Crippen LogP contribution in [-0.2, 0) is 4.74 Å². The van der Waals surface area contributed by atoms with E-state index in [0.29, 0.717) is 28.7 Å². The number of ether oxygens (including phenoxy) is 2. The highest BCUT2D eigenvalue weighted by atomic mass is 16.7. The van der Waals surface area contributed by atoms with Crippen molar-refractivity contribution < 1.29 is 18.7 Å². The monoisotopic (exact) mass is 366 g/mol. The van der Waals surface area contributed by atoms with Crippen molar-refractivity contribution in [3.63, 3.8) is 0 Å². The Morgan fingerprint density at radius 3 is 2.63 bits per heavy atom. The average Bonchev–Trinajstić information content (AvgIpc) is 2.66. The summed E-state index contributed by atoms with van der Waals surface area (Å²) in [4.78, 5) is 24.7. The summed E-state index contributed by atoms with van der Waals surface area (Å²) in [6.07, 6.45) is 3.53. The SMILES string of the molecule is CCCCCOC(=O)Oc1cc(C)c2c(=O)c(-c3ccccc3)coc2c1. The molecule has 0 N–H and O–H groups in total. The van der Waals surface area contributed by atoms with E-state index < -0.39 is 6.16 Å². The van der Waals surface area contributed by atoms with E-state index in [4.69, 9.17) is 13.9 Å². The Labute approximate surface area is 157 Å². The van der Waals surface area contributed by atoms with E-state index in [2.05, 4.69) is 6.92 Å². The molecular weight excluding hydrogens is 344 g/mol. The maximum Gasteiger partial charge on any atom is 0.513 e. The zero-order chi connectivity index (χ0) is 19.2. The second-order valence-corrected chi connectivity index (χ2v) is 6.37. The topological polar surface area (TPSA) is 65.7 Å². The van der Waals surface area contributed by atoms with Crippen LogP contribution in [0.1, 0.15) is 31.7 Å². The molecule has 0 fully saturated rings. The minimum atomic E-state index is -0.756. The third-order valence-corrected chi connectivity index (χ3v) is 4.30. The number of carbonyl (C=O) groups excluding carboxylic acids is 1. The lowest BCUT2D eigenvalue weighted by atomic mass is 10.0. The molecule has 0 atom stereocenters. The molecule has 3 rings (SSSR count). The standard InChI is InChI=1S/C22H22O5/c1-3-4-8-11-25-22(24)27-17-12-15(2)20-19(13-17)26-14-18(21(20)23)16-9-6-5-7-10-16/h5-7,9-10,12-14H,3-4,8,11H2,1-2H3. The van der Waals surface area contributed by atoms with Gasteiger partial charge in [-0.2, -0.15) is 0 Å². The molecule has 3 aromatic rings. The Kier molecular flexibility index (Phi) is 5.91. The Bertz CT molecular complexity index is 989. The number of hydrogen-bond acceptors (Lipinski definition) is 5. The first-order chi connectivity index (χ1) is 13.1. The first-order valence-corrected chi connectivity index (χ1v) is 9.06. The van der Waals surface area contributed by atoms with E-state index in [-0.39, 0.29) is 11.2 Å². The quantitative estimate of drug-likeness (QED) is 0.329. The van der Waals surface area contributed by atoms with Crippen molar-refractivity contribution in [2.24, 2.45) is 0 Å². The van der Waals surface area contributed by atoms with Gasteiger partial charge in [0, 0.05) is 6.07 Å². The lowest BCUT2D eigenvalue weighted by Crippen LogP contribution is -2.12. The zero-order valence-electron chi connectivity index (χ0n) is 15.5. The molecule has 0 saturated carbocycles. The first-order valence-electron chi connectivity index (χ1n) is 9.06. The normalized spacial score (nSPS) is 10.7. The second kappa shape index (κ2) is 8.54. The molecule has 27 heavy (non-hydrogen) atoms. The largest absolute Gasteiger partial charge is 0.513 e. The fourth-order valence-corrected chi connectivity index (χ4v) is 2.93. The van der Waals surface area contributed by atoms with Crippen molar-refractivity contribution in [1.29, 1.82) is 0 Å². The van der Waals surface area contributed by atoms with E-state index in [9.17, 15) is 9.59 Å². The van der Waals surface area contributed by atoms with Crippen molar-refractivity contribution >= 4 is 17.1 Å². The van der Waals surface area contributed by atoms with Crippen LogP contribution in [0.15, 0.2) is 57.9 Å². The van der Waals surface area contributed by atoms with Crippen LogP contribution in [0.4, 0.5) is 4.79 Å². The highest BCUT2D eigenvalue weighted by Gasteiger charge is 2.14. The second-order valence-electron chi connectivity index (χ2n) is 6.37. The maximum atomic E-state index is 12.9. The van der Waals surface area contributed by atoms with Gasteiger partial charge in [0.05, 0.1) is 17.6 Å². The van der Waals surface area contributed by atoms with Crippen LogP contribution in [0.25, 0.3) is 22.1 Å². The van der Waals surface area contributed by atoms with Crippen LogP contribution < -0.4 is 10.2 Å². The van der Waals surface area contributed by atoms with Gasteiger partial charge >= 0.3 is 6.16 Å². The third kappa shape index (κ3) is 4.37. The molecule has 5 heteroatoms. The number of unbranched alkanes of at least 4 members (excludes halogenated alkanes) is 2. The molecule has 2 aromatic carbocycles. The van der Waals surface area contributed by atoms with Gasteiger partial charge in [0.15, 0.2) is 0 Å². The molecule has 140 valence electrons. The Morgan fingerprint density at radius 2 is 1.89 bits per heavy atom. The van der Waals surface area contributed by atoms with Gasteiger partial charge in [0.1, 0.15) is 17.6 Å². The summed E-state index contributed by atoms with van der Waals surface area (Å²) < 4.78 is 15.9. The van der Waals surface area contributed by atoms with Crippen LogP contribution >= 0.6 is 0 Å². The van der Waals surface area contributed by atoms with Gasteiger partial charge < -0.3 is 13.9 Å². The van der Waals surface area contributed by atoms with Gasteiger partial charge in [-0.05, 0) is 30.5 Å². The summed E-state index contributed by atoms with van der Waals surface area (Å²) >= 11 is 0. The summed E-state index contributed by atoms with van der Waals surface area (Å²) in [6, 6.07) is 12.5. The molecular formula is C22H22O5. The average molecular weight is 366 g/mol. The number of carbonyl (C=O) groups is 1. The van der Waals surface area contributed by atoms with Crippen LogP contribution in [0.3, 0.4) is 0 Å². The minimum Gasteiger partial charge on any atom is -0.463 e. The van der Waals surface area contributed by atoms with Crippen molar-refractivity contribution in [2.75, 3.05) is 6.61 Å². The van der Waals surface area contributed by atoms with Gasteiger partial charge in [0.25, 0.3) is 0 Å². The molecule has 5 nitrogen and oxygen atoms in total. The summed E-state index contributed by atoms with van der Waals surface area (Å²) in [5.41, 5.74) is 2.22. The summed E-state index contributed by atoms with van der Waals surface area (Å²) in [5, 5.41) is 0.472. The number of rotatable bonds is 6.